The zero-order chi connectivity index (χ0) is 22.2. The maximum Gasteiger partial charge on any atom is 0.364 e. The van der Waals surface area contributed by atoms with E-state index in [1.165, 1.54) is 22.8 Å². The van der Waals surface area contributed by atoms with E-state index in [1.54, 1.807) is 34.4 Å². The Balaban J connectivity index is 1.44. The summed E-state index contributed by atoms with van der Waals surface area (Å²) in [6, 6.07) is 9.75. The number of aryl methyl sites for hydroxylation is 1. The molecule has 0 N–H and O–H groups in total. The second-order valence-electron chi connectivity index (χ2n) is 8.62. The van der Waals surface area contributed by atoms with Crippen LogP contribution in [0.15, 0.2) is 61.6 Å². The third-order valence-electron chi connectivity index (χ3n) is 6.62. The molecule has 1 fully saturated rings. The van der Waals surface area contributed by atoms with Gasteiger partial charge in [0.1, 0.15) is 5.58 Å². The first-order valence-electron chi connectivity index (χ1n) is 10.4. The topological polar surface area (TPSA) is 107 Å². The summed E-state index contributed by atoms with van der Waals surface area (Å²) < 4.78 is 37.5. The Kier molecular flexibility index (Phi) is 4.03. The fourth-order valence-electron chi connectivity index (χ4n) is 5.19. The van der Waals surface area contributed by atoms with Crippen molar-refractivity contribution in [3.63, 3.8) is 0 Å². The summed E-state index contributed by atoms with van der Waals surface area (Å²) in [5.74, 6) is 0.0619. The lowest BCUT2D eigenvalue weighted by atomic mass is 9.84. The molecule has 2 bridgehead atoms. The summed E-state index contributed by atoms with van der Waals surface area (Å²) in [5.41, 5.74) is 1.33. The summed E-state index contributed by atoms with van der Waals surface area (Å²) in [6.45, 7) is 1.21. The lowest BCUT2D eigenvalue weighted by Gasteiger charge is -2.42. The van der Waals surface area contributed by atoms with Gasteiger partial charge in [-0.3, -0.25) is 4.79 Å². The molecule has 0 radical (unpaired) electrons. The van der Waals surface area contributed by atoms with Crippen molar-refractivity contribution in [1.29, 1.82) is 0 Å². The second-order valence-corrected chi connectivity index (χ2v) is 10.6. The highest BCUT2D eigenvalue weighted by Crippen LogP contribution is 2.37. The molecule has 4 aromatic rings. The minimum Gasteiger partial charge on any atom is -0.421 e. The van der Waals surface area contributed by atoms with Gasteiger partial charge in [-0.2, -0.15) is 4.31 Å². The molecule has 0 amide bonds. The number of rotatable bonds is 2. The van der Waals surface area contributed by atoms with Crippen molar-refractivity contribution in [2.45, 2.75) is 23.8 Å². The highest BCUT2D eigenvalue weighted by molar-refractivity contribution is 7.89. The first-order chi connectivity index (χ1) is 15.3. The average Bonchev–Trinajstić information content (AvgIpc) is 3.17. The van der Waals surface area contributed by atoms with Crippen LogP contribution in [0.4, 0.5) is 0 Å². The van der Waals surface area contributed by atoms with Crippen molar-refractivity contribution in [2.75, 3.05) is 13.1 Å². The van der Waals surface area contributed by atoms with Crippen LogP contribution < -0.4 is 11.2 Å². The van der Waals surface area contributed by atoms with Crippen molar-refractivity contribution in [1.82, 2.24) is 18.4 Å². The van der Waals surface area contributed by atoms with Gasteiger partial charge in [0.05, 0.1) is 16.7 Å². The lowest BCUT2D eigenvalue weighted by Crippen LogP contribution is -2.48. The molecule has 1 aromatic carbocycles. The molecule has 1 saturated heterocycles. The first-order valence-corrected chi connectivity index (χ1v) is 11.8. The number of hydrogen-bond donors (Lipinski definition) is 0. The average molecular weight is 452 g/mol. The Hall–Kier alpha value is -3.24. The molecule has 0 aliphatic carbocycles. The van der Waals surface area contributed by atoms with Gasteiger partial charge in [-0.15, -0.1) is 0 Å². The Labute approximate surface area is 182 Å². The molecule has 0 saturated carbocycles. The van der Waals surface area contributed by atoms with E-state index in [0.717, 1.165) is 12.1 Å². The number of pyridine rings is 1. The summed E-state index contributed by atoms with van der Waals surface area (Å²) in [4.78, 5) is 28.7. The third kappa shape index (κ3) is 2.72. The molecule has 5 heterocycles. The van der Waals surface area contributed by atoms with Crippen LogP contribution in [0.1, 0.15) is 18.0 Å². The zero-order valence-corrected chi connectivity index (χ0v) is 18.1. The van der Waals surface area contributed by atoms with E-state index in [2.05, 4.69) is 4.98 Å². The predicted octanol–water partition coefficient (Wildman–Crippen LogP) is 1.65. The standard InChI is InChI=1S/C22H20N4O5S/c1-24-12-23-20-21(24)16-8-15(5-6-18(16)31-22(20)28)32(29,30)25-9-13-7-14(11-25)17-3-2-4-19(27)26(17)10-13/h2-6,8,12-14H,7,9-11H2,1H3/t13-,14-/m0/s1. The SMILES string of the molecule is Cn1cnc2c(=O)oc3ccc(S(=O)(=O)N4C[C@@H]5C[C@@H](C4)c4cccc(=O)n4C5)cc3c21. The van der Waals surface area contributed by atoms with E-state index in [0.29, 0.717) is 36.1 Å². The van der Waals surface area contributed by atoms with Crippen LogP contribution in [0.2, 0.25) is 0 Å². The van der Waals surface area contributed by atoms with Crippen molar-refractivity contribution >= 4 is 32.0 Å². The van der Waals surface area contributed by atoms with Crippen LogP contribution >= 0.6 is 0 Å². The number of imidazole rings is 1. The normalized spacial score (nSPS) is 21.2. The Bertz CT molecular complexity index is 1630. The van der Waals surface area contributed by atoms with Crippen LogP contribution in [-0.2, 0) is 23.6 Å². The van der Waals surface area contributed by atoms with Gasteiger partial charge in [-0.1, -0.05) is 6.07 Å². The molecule has 32 heavy (non-hydrogen) atoms. The number of aromatic nitrogens is 3. The molecule has 6 rings (SSSR count). The number of fused-ring (bicyclic) bond motifs is 7. The van der Waals surface area contributed by atoms with Crippen molar-refractivity contribution < 1.29 is 12.8 Å². The summed E-state index contributed by atoms with van der Waals surface area (Å²) in [6.07, 6.45) is 2.38. The molecule has 9 nitrogen and oxygen atoms in total. The molecule has 164 valence electrons. The molecule has 0 spiro atoms. The number of nitrogens with zero attached hydrogens (tertiary/aromatic N) is 4. The largest absolute Gasteiger partial charge is 0.421 e. The van der Waals surface area contributed by atoms with Crippen molar-refractivity contribution in [3.8, 4) is 0 Å². The van der Waals surface area contributed by atoms with Gasteiger partial charge in [-0.05, 0) is 36.6 Å². The number of sulfonamides is 1. The first kappa shape index (κ1) is 19.4. The fourth-order valence-corrected chi connectivity index (χ4v) is 6.78. The summed E-state index contributed by atoms with van der Waals surface area (Å²) in [7, 11) is -2.04. The van der Waals surface area contributed by atoms with Gasteiger partial charge >= 0.3 is 5.63 Å². The summed E-state index contributed by atoms with van der Waals surface area (Å²) in [5, 5.41) is 0.523. The molecule has 2 aliphatic heterocycles. The Morgan fingerprint density at radius 3 is 2.78 bits per heavy atom. The molecule has 0 unspecified atom stereocenters. The molecule has 10 heteroatoms. The van der Waals surface area contributed by atoms with Gasteiger partial charge in [0.2, 0.25) is 10.0 Å². The van der Waals surface area contributed by atoms with Gasteiger partial charge in [0, 0.05) is 49.7 Å². The minimum atomic E-state index is -3.79. The quantitative estimate of drug-likeness (QED) is 0.428. The van der Waals surface area contributed by atoms with E-state index in [9.17, 15) is 18.0 Å². The van der Waals surface area contributed by atoms with Crippen LogP contribution in [-0.4, -0.2) is 39.9 Å². The van der Waals surface area contributed by atoms with Gasteiger partial charge in [0.25, 0.3) is 5.56 Å². The molecular weight excluding hydrogens is 432 g/mol. The lowest BCUT2D eigenvalue weighted by molar-refractivity contribution is 0.186. The third-order valence-corrected chi connectivity index (χ3v) is 8.45. The van der Waals surface area contributed by atoms with Crippen molar-refractivity contribution in [3.05, 3.63) is 69.2 Å². The molecular formula is C22H20N4O5S. The van der Waals surface area contributed by atoms with E-state index in [4.69, 9.17) is 4.42 Å². The monoisotopic (exact) mass is 452 g/mol. The Morgan fingerprint density at radius 1 is 1.09 bits per heavy atom. The van der Waals surface area contributed by atoms with Crippen LogP contribution in [0.25, 0.3) is 22.0 Å². The molecule has 2 atom stereocenters. The van der Waals surface area contributed by atoms with E-state index < -0.39 is 15.6 Å². The smallest absolute Gasteiger partial charge is 0.364 e. The fraction of sp³-hybridized carbons (Fsp3) is 0.318. The van der Waals surface area contributed by atoms with E-state index in [1.807, 2.05) is 6.07 Å². The highest BCUT2D eigenvalue weighted by Gasteiger charge is 2.39. The van der Waals surface area contributed by atoms with Gasteiger partial charge in [-0.25, -0.2) is 18.2 Å². The van der Waals surface area contributed by atoms with Gasteiger partial charge in [0.15, 0.2) is 5.52 Å². The number of benzene rings is 1. The molecule has 2 aliphatic rings. The number of hydrogen-bond acceptors (Lipinski definition) is 6. The van der Waals surface area contributed by atoms with Crippen LogP contribution in [0.3, 0.4) is 0 Å². The second kappa shape index (κ2) is 6.63. The van der Waals surface area contributed by atoms with Crippen molar-refractivity contribution in [2.24, 2.45) is 13.0 Å². The summed E-state index contributed by atoms with van der Waals surface area (Å²) >= 11 is 0. The van der Waals surface area contributed by atoms with Crippen LogP contribution in [0.5, 0.6) is 0 Å². The highest BCUT2D eigenvalue weighted by atomic mass is 32.2. The van der Waals surface area contributed by atoms with Gasteiger partial charge < -0.3 is 13.6 Å². The van der Waals surface area contributed by atoms with Crippen LogP contribution in [0, 0.1) is 5.92 Å². The maximum atomic E-state index is 13.6. The number of piperidine rings is 1. The zero-order valence-electron chi connectivity index (χ0n) is 17.3. The van der Waals surface area contributed by atoms with E-state index in [-0.39, 0.29) is 27.8 Å². The molecule has 3 aromatic heterocycles. The Morgan fingerprint density at radius 2 is 1.94 bits per heavy atom. The maximum absolute atomic E-state index is 13.6. The predicted molar refractivity (Wildman–Crippen MR) is 117 cm³/mol. The minimum absolute atomic E-state index is 0.0200. The van der Waals surface area contributed by atoms with E-state index >= 15 is 0 Å².